The van der Waals surface area contributed by atoms with Gasteiger partial charge in [-0.15, -0.1) is 11.3 Å². The summed E-state index contributed by atoms with van der Waals surface area (Å²) >= 11 is 2.74. The van der Waals surface area contributed by atoms with Crippen LogP contribution >= 0.6 is 23.1 Å². The number of Topliss-reactive ketones (excluding diaryl/α,β-unsaturated/α-hetero) is 1. The van der Waals surface area contributed by atoms with Crippen molar-refractivity contribution in [3.8, 4) is 11.1 Å². The van der Waals surface area contributed by atoms with Crippen molar-refractivity contribution in [2.24, 2.45) is 0 Å². The molecule has 0 unspecified atom stereocenters. The molecular formula is C19H18N2O2S2. The van der Waals surface area contributed by atoms with E-state index < -0.39 is 0 Å². The molecule has 0 amide bonds. The van der Waals surface area contributed by atoms with Crippen molar-refractivity contribution in [3.05, 3.63) is 51.7 Å². The number of carbonyl (C=O) groups excluding carboxylic acids is 1. The summed E-state index contributed by atoms with van der Waals surface area (Å²) in [6.45, 7) is 7.13. The number of thioether (sulfide) groups is 1. The highest BCUT2D eigenvalue weighted by Gasteiger charge is 2.18. The van der Waals surface area contributed by atoms with Crippen molar-refractivity contribution < 1.29 is 9.90 Å². The van der Waals surface area contributed by atoms with Gasteiger partial charge in [0.2, 0.25) is 0 Å². The van der Waals surface area contributed by atoms with E-state index in [1.807, 2.05) is 0 Å². The van der Waals surface area contributed by atoms with Crippen molar-refractivity contribution >= 4 is 39.1 Å². The van der Waals surface area contributed by atoms with E-state index >= 15 is 0 Å². The third-order valence-electron chi connectivity index (χ3n) is 4.00. The first-order valence-corrected chi connectivity index (χ1v) is 9.46. The molecule has 2 aromatic heterocycles. The third-order valence-corrected chi connectivity index (χ3v) is 6.18. The monoisotopic (exact) mass is 370 g/mol. The van der Waals surface area contributed by atoms with Crippen molar-refractivity contribution in [1.29, 1.82) is 0 Å². The Morgan fingerprint density at radius 1 is 1.16 bits per heavy atom. The highest BCUT2D eigenvalue weighted by molar-refractivity contribution is 8.04. The van der Waals surface area contributed by atoms with E-state index in [-0.39, 0.29) is 11.5 Å². The zero-order chi connectivity index (χ0) is 18.1. The van der Waals surface area contributed by atoms with Crippen molar-refractivity contribution in [2.75, 3.05) is 0 Å². The number of ketones is 1. The molecule has 4 nitrogen and oxygen atoms in total. The van der Waals surface area contributed by atoms with Gasteiger partial charge in [-0.2, -0.15) is 0 Å². The van der Waals surface area contributed by atoms with Gasteiger partial charge in [0, 0.05) is 10.9 Å². The number of benzene rings is 1. The van der Waals surface area contributed by atoms with Crippen LogP contribution in [-0.2, 0) is 4.79 Å². The van der Waals surface area contributed by atoms with Crippen LogP contribution in [0.15, 0.2) is 45.6 Å². The zero-order valence-electron chi connectivity index (χ0n) is 14.5. The van der Waals surface area contributed by atoms with Crippen LogP contribution in [0.5, 0.6) is 0 Å². The summed E-state index contributed by atoms with van der Waals surface area (Å²) < 4.78 is 0. The van der Waals surface area contributed by atoms with Gasteiger partial charge in [0.25, 0.3) is 0 Å². The Labute approximate surface area is 154 Å². The molecule has 3 aromatic rings. The molecule has 3 rings (SSSR count). The molecule has 0 spiro atoms. The molecule has 0 saturated carbocycles. The standard InChI is InChI=1S/C19H18N2O2S2/c1-10-5-6-14(7-11(10)2)15-8-24-18-16(15)19(21-9-20-18)25-17(12(3)22)13(4)23/h5-9,22H,1-4H3/b17-12-. The van der Waals surface area contributed by atoms with Crippen LogP contribution in [0.25, 0.3) is 21.3 Å². The molecule has 6 heteroatoms. The number of rotatable bonds is 4. The quantitative estimate of drug-likeness (QED) is 0.286. The molecule has 25 heavy (non-hydrogen) atoms. The maximum Gasteiger partial charge on any atom is 0.169 e. The van der Waals surface area contributed by atoms with Crippen molar-refractivity contribution in [1.82, 2.24) is 9.97 Å². The number of fused-ring (bicyclic) bond motifs is 1. The molecule has 2 heterocycles. The van der Waals surface area contributed by atoms with Gasteiger partial charge in [0.1, 0.15) is 21.9 Å². The number of thiophene rings is 1. The van der Waals surface area contributed by atoms with Crippen LogP contribution in [0.2, 0.25) is 0 Å². The van der Waals surface area contributed by atoms with Gasteiger partial charge in [0.15, 0.2) is 5.78 Å². The minimum atomic E-state index is -0.181. The number of nitrogens with zero attached hydrogens (tertiary/aromatic N) is 2. The summed E-state index contributed by atoms with van der Waals surface area (Å²) in [4.78, 5) is 21.7. The molecule has 0 saturated heterocycles. The van der Waals surface area contributed by atoms with E-state index in [9.17, 15) is 9.90 Å². The number of aliphatic hydroxyl groups is 1. The number of aromatic nitrogens is 2. The van der Waals surface area contributed by atoms with E-state index in [0.717, 1.165) is 21.3 Å². The highest BCUT2D eigenvalue weighted by Crippen LogP contribution is 2.40. The summed E-state index contributed by atoms with van der Waals surface area (Å²) in [6.07, 6.45) is 1.50. The van der Waals surface area contributed by atoms with Crippen LogP contribution in [-0.4, -0.2) is 20.9 Å². The Morgan fingerprint density at radius 2 is 1.92 bits per heavy atom. The summed E-state index contributed by atoms with van der Waals surface area (Å²) in [5, 5.41) is 13.5. The fourth-order valence-electron chi connectivity index (χ4n) is 2.54. The first-order valence-electron chi connectivity index (χ1n) is 7.77. The van der Waals surface area contributed by atoms with Gasteiger partial charge in [-0.3, -0.25) is 4.79 Å². The summed E-state index contributed by atoms with van der Waals surface area (Å²) in [5.41, 5.74) is 4.61. The Kier molecular flexibility index (Phi) is 4.92. The maximum absolute atomic E-state index is 11.8. The van der Waals surface area contributed by atoms with Crippen molar-refractivity contribution in [2.45, 2.75) is 32.7 Å². The van der Waals surface area contributed by atoms with Crippen molar-refractivity contribution in [3.63, 3.8) is 0 Å². The summed E-state index contributed by atoms with van der Waals surface area (Å²) in [5.74, 6) is -0.174. The number of allylic oxidation sites excluding steroid dienone is 2. The molecule has 128 valence electrons. The zero-order valence-corrected chi connectivity index (χ0v) is 16.1. The van der Waals surface area contributed by atoms with Crippen LogP contribution in [0.3, 0.4) is 0 Å². The van der Waals surface area contributed by atoms with Crippen LogP contribution in [0.4, 0.5) is 0 Å². The number of aliphatic hydroxyl groups excluding tert-OH is 1. The fraction of sp³-hybridized carbons (Fsp3) is 0.211. The topological polar surface area (TPSA) is 63.1 Å². The smallest absolute Gasteiger partial charge is 0.169 e. The molecule has 0 aliphatic carbocycles. The van der Waals surface area contributed by atoms with Gasteiger partial charge < -0.3 is 5.11 Å². The molecule has 0 aliphatic heterocycles. The Morgan fingerprint density at radius 3 is 2.56 bits per heavy atom. The van der Waals surface area contributed by atoms with E-state index in [1.165, 1.54) is 43.1 Å². The van der Waals surface area contributed by atoms with E-state index in [4.69, 9.17) is 0 Å². The average Bonchev–Trinajstić information content (AvgIpc) is 2.99. The minimum absolute atomic E-state index is 0.00669. The van der Waals surface area contributed by atoms with E-state index in [1.54, 1.807) is 11.3 Å². The lowest BCUT2D eigenvalue weighted by Gasteiger charge is -2.08. The van der Waals surface area contributed by atoms with Gasteiger partial charge >= 0.3 is 0 Å². The maximum atomic E-state index is 11.8. The summed E-state index contributed by atoms with van der Waals surface area (Å²) in [6, 6.07) is 6.34. The minimum Gasteiger partial charge on any atom is -0.511 e. The molecule has 0 fully saturated rings. The van der Waals surface area contributed by atoms with Crippen LogP contribution < -0.4 is 0 Å². The lowest BCUT2D eigenvalue weighted by molar-refractivity contribution is -0.113. The SMILES string of the molecule is CC(=O)/C(Sc1ncnc2scc(-c3ccc(C)c(C)c3)c12)=C(\C)O. The summed E-state index contributed by atoms with van der Waals surface area (Å²) in [7, 11) is 0. The molecule has 0 bridgehead atoms. The number of aryl methyl sites for hydroxylation is 2. The van der Waals surface area contributed by atoms with Crippen LogP contribution in [0, 0.1) is 13.8 Å². The van der Waals surface area contributed by atoms with Crippen LogP contribution in [0.1, 0.15) is 25.0 Å². The Bertz CT molecular complexity index is 1000. The lowest BCUT2D eigenvalue weighted by Crippen LogP contribution is -1.97. The molecule has 1 N–H and O–H groups in total. The predicted octanol–water partition coefficient (Wildman–Crippen LogP) is 5.45. The van der Waals surface area contributed by atoms with E-state index in [0.29, 0.717) is 9.93 Å². The second kappa shape index (κ2) is 6.98. The van der Waals surface area contributed by atoms with E-state index in [2.05, 4.69) is 47.4 Å². The molecule has 0 radical (unpaired) electrons. The molecule has 0 atom stereocenters. The second-order valence-electron chi connectivity index (χ2n) is 5.88. The average molecular weight is 370 g/mol. The van der Waals surface area contributed by atoms with Gasteiger partial charge in [0.05, 0.1) is 10.3 Å². The Hall–Kier alpha value is -2.18. The largest absolute Gasteiger partial charge is 0.511 e. The lowest BCUT2D eigenvalue weighted by atomic mass is 10.0. The van der Waals surface area contributed by atoms with Gasteiger partial charge in [-0.25, -0.2) is 9.97 Å². The third kappa shape index (κ3) is 3.45. The molecule has 0 aliphatic rings. The highest BCUT2D eigenvalue weighted by atomic mass is 32.2. The predicted molar refractivity (Wildman–Crippen MR) is 104 cm³/mol. The number of hydrogen-bond donors (Lipinski definition) is 1. The Balaban J connectivity index is 2.18. The second-order valence-corrected chi connectivity index (χ2v) is 7.74. The first-order chi connectivity index (χ1) is 11.9. The number of hydrogen-bond acceptors (Lipinski definition) is 6. The molecular weight excluding hydrogens is 352 g/mol. The normalized spacial score (nSPS) is 12.3. The fourth-order valence-corrected chi connectivity index (χ4v) is 4.42. The molecule has 1 aromatic carbocycles. The van der Waals surface area contributed by atoms with Gasteiger partial charge in [-0.1, -0.05) is 30.0 Å². The van der Waals surface area contributed by atoms with Gasteiger partial charge in [-0.05, 0) is 44.4 Å². The number of carbonyl (C=O) groups is 1. The first kappa shape index (κ1) is 17.6.